The quantitative estimate of drug-likeness (QED) is 0.841. The van der Waals surface area contributed by atoms with Gasteiger partial charge < -0.3 is 11.1 Å². The number of nitrogens with two attached hydrogens (primary N) is 1. The van der Waals surface area contributed by atoms with Crippen LogP contribution in [0.3, 0.4) is 0 Å². The molecule has 0 aliphatic carbocycles. The van der Waals surface area contributed by atoms with Crippen LogP contribution in [0.5, 0.6) is 0 Å². The number of nitrogens with one attached hydrogen (secondary N) is 1. The first kappa shape index (κ1) is 14.4. The molecule has 3 N–H and O–H groups in total. The SMILES string of the molecule is Cc1cc(N)c(Cl)cc1NC(=O)CCc1ccccc1. The zero-order valence-electron chi connectivity index (χ0n) is 11.3. The second-order valence-electron chi connectivity index (χ2n) is 4.72. The normalized spacial score (nSPS) is 10.3. The van der Waals surface area contributed by atoms with Crippen LogP contribution < -0.4 is 11.1 Å². The van der Waals surface area contributed by atoms with Gasteiger partial charge in [0.15, 0.2) is 0 Å². The van der Waals surface area contributed by atoms with Gasteiger partial charge >= 0.3 is 0 Å². The van der Waals surface area contributed by atoms with E-state index in [1.54, 1.807) is 12.1 Å². The van der Waals surface area contributed by atoms with Crippen LogP contribution in [0.2, 0.25) is 5.02 Å². The van der Waals surface area contributed by atoms with Crippen LogP contribution in [-0.2, 0) is 11.2 Å². The minimum absolute atomic E-state index is 0.0298. The van der Waals surface area contributed by atoms with E-state index in [1.807, 2.05) is 37.3 Å². The van der Waals surface area contributed by atoms with Crippen molar-refractivity contribution in [2.24, 2.45) is 0 Å². The summed E-state index contributed by atoms with van der Waals surface area (Å²) in [5, 5.41) is 3.32. The van der Waals surface area contributed by atoms with Crippen molar-refractivity contribution in [3.05, 3.63) is 58.6 Å². The van der Waals surface area contributed by atoms with Crippen molar-refractivity contribution >= 4 is 28.9 Å². The lowest BCUT2D eigenvalue weighted by Crippen LogP contribution is -2.13. The van der Waals surface area contributed by atoms with Gasteiger partial charge in [-0.2, -0.15) is 0 Å². The van der Waals surface area contributed by atoms with Crippen molar-refractivity contribution in [1.29, 1.82) is 0 Å². The third-order valence-corrected chi connectivity index (χ3v) is 3.43. The van der Waals surface area contributed by atoms with Gasteiger partial charge in [-0.1, -0.05) is 41.9 Å². The van der Waals surface area contributed by atoms with E-state index in [0.29, 0.717) is 29.2 Å². The standard InChI is InChI=1S/C16H17ClN2O/c1-11-9-14(18)13(17)10-15(11)19-16(20)8-7-12-5-3-2-4-6-12/h2-6,9-10H,7-8,18H2,1H3,(H,19,20). The molecule has 104 valence electrons. The Morgan fingerprint density at radius 3 is 2.65 bits per heavy atom. The molecule has 2 aromatic rings. The zero-order valence-corrected chi connectivity index (χ0v) is 12.1. The number of nitrogen functional groups attached to an aromatic ring is 1. The molecule has 4 heteroatoms. The first-order chi connectivity index (χ1) is 9.56. The van der Waals surface area contributed by atoms with E-state index in [0.717, 1.165) is 11.1 Å². The van der Waals surface area contributed by atoms with Crippen molar-refractivity contribution in [2.45, 2.75) is 19.8 Å². The largest absolute Gasteiger partial charge is 0.398 e. The van der Waals surface area contributed by atoms with E-state index < -0.39 is 0 Å². The smallest absolute Gasteiger partial charge is 0.224 e. The Labute approximate surface area is 123 Å². The summed E-state index contributed by atoms with van der Waals surface area (Å²) < 4.78 is 0. The zero-order chi connectivity index (χ0) is 14.5. The molecule has 3 nitrogen and oxygen atoms in total. The third kappa shape index (κ3) is 3.75. The number of halogens is 1. The maximum atomic E-state index is 11.9. The van der Waals surface area contributed by atoms with Gasteiger partial charge in [-0.3, -0.25) is 4.79 Å². The minimum atomic E-state index is -0.0298. The van der Waals surface area contributed by atoms with E-state index in [9.17, 15) is 4.79 Å². The average Bonchev–Trinajstić information content (AvgIpc) is 2.44. The number of rotatable bonds is 4. The van der Waals surface area contributed by atoms with E-state index in [1.165, 1.54) is 0 Å². The maximum absolute atomic E-state index is 11.9. The van der Waals surface area contributed by atoms with Crippen molar-refractivity contribution in [2.75, 3.05) is 11.1 Å². The summed E-state index contributed by atoms with van der Waals surface area (Å²) in [5.74, 6) is -0.0298. The summed E-state index contributed by atoms with van der Waals surface area (Å²) >= 11 is 5.97. The van der Waals surface area contributed by atoms with E-state index in [2.05, 4.69) is 5.32 Å². The van der Waals surface area contributed by atoms with Crippen LogP contribution in [0, 0.1) is 6.92 Å². The predicted octanol–water partition coefficient (Wildman–Crippen LogP) is 3.80. The first-order valence-electron chi connectivity index (χ1n) is 6.45. The van der Waals surface area contributed by atoms with Gasteiger partial charge in [0.1, 0.15) is 0 Å². The highest BCUT2D eigenvalue weighted by Crippen LogP contribution is 2.26. The van der Waals surface area contributed by atoms with E-state index >= 15 is 0 Å². The van der Waals surface area contributed by atoms with Gasteiger partial charge in [-0.15, -0.1) is 0 Å². The number of benzene rings is 2. The molecule has 0 fully saturated rings. The Bertz CT molecular complexity index is 611. The molecule has 20 heavy (non-hydrogen) atoms. The molecular formula is C16H17ClN2O. The van der Waals surface area contributed by atoms with Gasteiger partial charge in [-0.05, 0) is 36.6 Å². The number of anilines is 2. The van der Waals surface area contributed by atoms with E-state index in [4.69, 9.17) is 17.3 Å². The summed E-state index contributed by atoms with van der Waals surface area (Å²) in [6.45, 7) is 1.89. The second kappa shape index (κ2) is 6.44. The monoisotopic (exact) mass is 288 g/mol. The molecular weight excluding hydrogens is 272 g/mol. The molecule has 0 atom stereocenters. The van der Waals surface area contributed by atoms with Crippen LogP contribution in [0.15, 0.2) is 42.5 Å². The van der Waals surface area contributed by atoms with Gasteiger partial charge in [0.2, 0.25) is 5.91 Å². The van der Waals surface area contributed by atoms with Crippen LogP contribution in [0.25, 0.3) is 0 Å². The van der Waals surface area contributed by atoms with E-state index in [-0.39, 0.29) is 5.91 Å². The van der Waals surface area contributed by atoms with Crippen molar-refractivity contribution < 1.29 is 4.79 Å². The highest BCUT2D eigenvalue weighted by Gasteiger charge is 2.07. The molecule has 0 heterocycles. The topological polar surface area (TPSA) is 55.1 Å². The van der Waals surface area contributed by atoms with Gasteiger partial charge in [-0.25, -0.2) is 0 Å². The molecule has 0 saturated carbocycles. The van der Waals surface area contributed by atoms with Crippen molar-refractivity contribution in [1.82, 2.24) is 0 Å². The lowest BCUT2D eigenvalue weighted by atomic mass is 10.1. The first-order valence-corrected chi connectivity index (χ1v) is 6.83. The molecule has 0 saturated heterocycles. The highest BCUT2D eigenvalue weighted by atomic mass is 35.5. The molecule has 1 amide bonds. The summed E-state index contributed by atoms with van der Waals surface area (Å²) in [7, 11) is 0. The minimum Gasteiger partial charge on any atom is -0.398 e. The predicted molar refractivity (Wildman–Crippen MR) is 84.0 cm³/mol. The summed E-state index contributed by atoms with van der Waals surface area (Å²) in [6.07, 6.45) is 1.15. The lowest BCUT2D eigenvalue weighted by molar-refractivity contribution is -0.116. The molecule has 0 unspecified atom stereocenters. The number of amides is 1. The molecule has 0 aliphatic heterocycles. The lowest BCUT2D eigenvalue weighted by Gasteiger charge is -2.10. The fourth-order valence-corrected chi connectivity index (χ4v) is 2.12. The number of carbonyl (C=O) groups excluding carboxylic acids is 1. The number of hydrogen-bond acceptors (Lipinski definition) is 2. The molecule has 0 aliphatic rings. The van der Waals surface area contributed by atoms with Gasteiger partial charge in [0, 0.05) is 12.1 Å². The van der Waals surface area contributed by atoms with Gasteiger partial charge in [0.25, 0.3) is 0 Å². The van der Waals surface area contributed by atoms with Crippen molar-refractivity contribution in [3.63, 3.8) is 0 Å². The van der Waals surface area contributed by atoms with Crippen LogP contribution >= 0.6 is 11.6 Å². The second-order valence-corrected chi connectivity index (χ2v) is 5.13. The number of hydrogen-bond donors (Lipinski definition) is 2. The average molecular weight is 289 g/mol. The van der Waals surface area contributed by atoms with Crippen LogP contribution in [-0.4, -0.2) is 5.91 Å². The van der Waals surface area contributed by atoms with Crippen molar-refractivity contribution in [3.8, 4) is 0 Å². The van der Waals surface area contributed by atoms with Gasteiger partial charge in [0.05, 0.1) is 10.7 Å². The third-order valence-electron chi connectivity index (χ3n) is 3.10. The summed E-state index contributed by atoms with van der Waals surface area (Å²) in [5.41, 5.74) is 8.99. The van der Waals surface area contributed by atoms with Crippen LogP contribution in [0.1, 0.15) is 17.5 Å². The summed E-state index contributed by atoms with van der Waals surface area (Å²) in [6, 6.07) is 13.4. The summed E-state index contributed by atoms with van der Waals surface area (Å²) in [4.78, 5) is 11.9. The Kier molecular flexibility index (Phi) is 4.64. The number of carbonyl (C=O) groups is 1. The van der Waals surface area contributed by atoms with Crippen LogP contribution in [0.4, 0.5) is 11.4 Å². The molecule has 0 radical (unpaired) electrons. The molecule has 0 spiro atoms. The fraction of sp³-hybridized carbons (Fsp3) is 0.188. The Balaban J connectivity index is 1.97. The Morgan fingerprint density at radius 1 is 1.25 bits per heavy atom. The molecule has 0 bridgehead atoms. The fourth-order valence-electron chi connectivity index (χ4n) is 1.95. The Hall–Kier alpha value is -2.00. The molecule has 2 aromatic carbocycles. The Morgan fingerprint density at radius 2 is 1.95 bits per heavy atom. The maximum Gasteiger partial charge on any atom is 0.224 e. The highest BCUT2D eigenvalue weighted by molar-refractivity contribution is 6.33. The molecule has 2 rings (SSSR count). The number of aryl methyl sites for hydroxylation is 2. The molecule has 0 aromatic heterocycles.